The van der Waals surface area contributed by atoms with Crippen LogP contribution in [0.15, 0.2) is 28.7 Å². The molecule has 0 aromatic heterocycles. The molecule has 0 radical (unpaired) electrons. The fraction of sp³-hybridized carbons (Fsp3) is 0.526. The van der Waals surface area contributed by atoms with E-state index < -0.39 is 11.3 Å². The van der Waals surface area contributed by atoms with Crippen molar-refractivity contribution in [2.75, 3.05) is 0 Å². The van der Waals surface area contributed by atoms with Crippen molar-refractivity contribution in [2.45, 2.75) is 65.4 Å². The van der Waals surface area contributed by atoms with E-state index in [9.17, 15) is 4.79 Å². The number of ether oxygens (including phenoxy) is 2. The van der Waals surface area contributed by atoms with Gasteiger partial charge in [-0.3, -0.25) is 0 Å². The number of hydrogen-bond acceptors (Lipinski definition) is 3. The van der Waals surface area contributed by atoms with E-state index >= 15 is 0 Å². The van der Waals surface area contributed by atoms with E-state index in [2.05, 4.69) is 35.0 Å². The van der Waals surface area contributed by atoms with Crippen LogP contribution in [-0.4, -0.2) is 28.4 Å². The third kappa shape index (κ3) is 8.70. The van der Waals surface area contributed by atoms with Crippen molar-refractivity contribution >= 4 is 22.0 Å². The SMILES string of the molecule is C[C@@H]1[CH-]N(C(=O)OC(C)(C)C)C(C)(C)O1.[CH2-]Cc1ccc(Br)cc1.[W+2]. The minimum Gasteiger partial charge on any atom is -0.445 e. The van der Waals surface area contributed by atoms with Crippen molar-refractivity contribution in [3.05, 3.63) is 47.8 Å². The maximum absolute atomic E-state index is 11.8. The summed E-state index contributed by atoms with van der Waals surface area (Å²) in [6, 6.07) is 8.19. The largest absolute Gasteiger partial charge is 2.00 e. The second kappa shape index (κ2) is 10.1. The van der Waals surface area contributed by atoms with Crippen LogP contribution >= 0.6 is 15.9 Å². The molecule has 1 saturated heterocycles. The Bertz CT molecular complexity index is 541. The molecule has 1 aliphatic heterocycles. The number of hydrogen-bond donors (Lipinski definition) is 0. The van der Waals surface area contributed by atoms with Gasteiger partial charge < -0.3 is 21.3 Å². The second-order valence-corrected chi connectivity index (χ2v) is 8.06. The average molecular weight is 582 g/mol. The molecule has 140 valence electrons. The van der Waals surface area contributed by atoms with Crippen molar-refractivity contribution in [1.29, 1.82) is 0 Å². The van der Waals surface area contributed by atoms with Gasteiger partial charge >= 0.3 is 27.2 Å². The molecule has 4 nitrogen and oxygen atoms in total. The zero-order valence-electron chi connectivity index (χ0n) is 15.8. The van der Waals surface area contributed by atoms with Crippen LogP contribution in [0.4, 0.5) is 4.79 Å². The maximum Gasteiger partial charge on any atom is 2.00 e. The molecule has 1 aromatic carbocycles. The normalized spacial score (nSPS) is 18.7. The predicted octanol–water partition coefficient (Wildman–Crippen LogP) is 5.36. The molecule has 1 fully saturated rings. The Hall–Kier alpha value is -0.382. The molecule has 25 heavy (non-hydrogen) atoms. The Morgan fingerprint density at radius 1 is 1.36 bits per heavy atom. The second-order valence-electron chi connectivity index (χ2n) is 7.15. The van der Waals surface area contributed by atoms with Gasteiger partial charge in [0, 0.05) is 4.47 Å². The first-order valence-corrected chi connectivity index (χ1v) is 8.83. The average Bonchev–Trinajstić information content (AvgIpc) is 2.71. The quantitative estimate of drug-likeness (QED) is 0.419. The Morgan fingerprint density at radius 2 is 1.88 bits per heavy atom. The molecular weight excluding hydrogens is 554 g/mol. The Morgan fingerprint density at radius 3 is 2.24 bits per heavy atom. The van der Waals surface area contributed by atoms with Gasteiger partial charge in [-0.2, -0.15) is 6.42 Å². The van der Waals surface area contributed by atoms with Gasteiger partial charge in [0.05, 0.1) is 0 Å². The summed E-state index contributed by atoms with van der Waals surface area (Å²) in [5.74, 6) is 0. The Kier molecular flexibility index (Phi) is 9.93. The number of amides is 1. The van der Waals surface area contributed by atoms with E-state index in [0.717, 1.165) is 10.9 Å². The van der Waals surface area contributed by atoms with Gasteiger partial charge in [0.1, 0.15) is 11.3 Å². The van der Waals surface area contributed by atoms with Gasteiger partial charge in [-0.05, 0) is 52.9 Å². The monoisotopic (exact) mass is 581 g/mol. The summed E-state index contributed by atoms with van der Waals surface area (Å²) in [5.41, 5.74) is 0.174. The topological polar surface area (TPSA) is 38.8 Å². The summed E-state index contributed by atoms with van der Waals surface area (Å²) < 4.78 is 12.0. The van der Waals surface area contributed by atoms with Crippen LogP contribution < -0.4 is 0 Å². The summed E-state index contributed by atoms with van der Waals surface area (Å²) in [4.78, 5) is 13.3. The van der Waals surface area contributed by atoms with Crippen molar-refractivity contribution in [2.24, 2.45) is 0 Å². The first-order chi connectivity index (χ1) is 10.9. The van der Waals surface area contributed by atoms with Gasteiger partial charge in [0.25, 0.3) is 0 Å². The summed E-state index contributed by atoms with van der Waals surface area (Å²) >= 11 is 3.35. The standard InChI is InChI=1S/C11H20NO3.C8H8Br.W/c1-8-7-12(11(5,6)14-8)9(13)15-10(2,3)4;1-2-7-3-5-8(9)6-4-7;/h7-8H,1-6H3;3-6H,1-2H2;/q2*-1;+2/t8-;;/m1../s1. The number of carbonyl (C=O) groups is 1. The molecule has 0 N–H and O–H groups in total. The zero-order valence-corrected chi connectivity index (χ0v) is 20.4. The number of carbonyl (C=O) groups excluding carboxylic acids is 1. The fourth-order valence-electron chi connectivity index (χ4n) is 2.17. The molecule has 0 aliphatic carbocycles. The number of nitrogens with zero attached hydrogens (tertiary/aromatic N) is 1. The molecule has 1 amide bonds. The molecule has 1 atom stereocenters. The van der Waals surface area contributed by atoms with Crippen LogP contribution in [0.5, 0.6) is 0 Å². The predicted molar refractivity (Wildman–Crippen MR) is 100 cm³/mol. The van der Waals surface area contributed by atoms with Crippen molar-refractivity contribution in [3.63, 3.8) is 0 Å². The van der Waals surface area contributed by atoms with Gasteiger partial charge in [0.15, 0.2) is 0 Å². The number of halogens is 1. The molecular formula is C19H28BrNO3W. The van der Waals surface area contributed by atoms with Gasteiger partial charge in [-0.25, -0.2) is 11.3 Å². The van der Waals surface area contributed by atoms with Crippen LogP contribution in [-0.2, 0) is 37.0 Å². The molecule has 1 heterocycles. The molecule has 0 unspecified atom stereocenters. The van der Waals surface area contributed by atoms with Crippen LogP contribution in [0, 0.1) is 13.5 Å². The molecule has 1 aliphatic rings. The minimum absolute atomic E-state index is 0. The van der Waals surface area contributed by atoms with Crippen molar-refractivity contribution in [1.82, 2.24) is 4.90 Å². The Labute approximate surface area is 175 Å². The fourth-order valence-corrected chi connectivity index (χ4v) is 2.44. The summed E-state index contributed by atoms with van der Waals surface area (Å²) in [5, 5.41) is 0. The smallest absolute Gasteiger partial charge is 0.445 e. The molecule has 2 rings (SSSR count). The molecule has 0 bridgehead atoms. The van der Waals surface area contributed by atoms with Crippen molar-refractivity contribution < 1.29 is 35.3 Å². The summed E-state index contributed by atoms with van der Waals surface area (Å²) in [6.07, 6.45) is 0.442. The van der Waals surface area contributed by atoms with Gasteiger partial charge in [0.2, 0.25) is 0 Å². The van der Waals surface area contributed by atoms with E-state index in [0.29, 0.717) is 0 Å². The van der Waals surface area contributed by atoms with Gasteiger partial charge in [-0.1, -0.05) is 40.5 Å². The van der Waals surface area contributed by atoms with E-state index in [4.69, 9.17) is 9.47 Å². The van der Waals surface area contributed by atoms with Crippen LogP contribution in [0.1, 0.15) is 47.1 Å². The van der Waals surface area contributed by atoms with Crippen LogP contribution in [0.2, 0.25) is 0 Å². The molecule has 6 heteroatoms. The summed E-state index contributed by atoms with van der Waals surface area (Å²) in [7, 11) is 0. The number of rotatable bonds is 1. The first kappa shape index (κ1) is 24.6. The first-order valence-electron chi connectivity index (χ1n) is 8.03. The van der Waals surface area contributed by atoms with Gasteiger partial charge in [-0.15, -0.1) is 0 Å². The maximum atomic E-state index is 11.8. The Balaban J connectivity index is 0.000000495. The molecule has 0 spiro atoms. The third-order valence-electron chi connectivity index (χ3n) is 3.21. The van der Waals surface area contributed by atoms with Crippen LogP contribution in [0.25, 0.3) is 0 Å². The third-order valence-corrected chi connectivity index (χ3v) is 3.73. The molecule has 1 aromatic rings. The number of benzene rings is 1. The zero-order chi connectivity index (χ0) is 18.5. The van der Waals surface area contributed by atoms with E-state index in [1.54, 1.807) is 6.54 Å². The minimum atomic E-state index is -0.623. The van der Waals surface area contributed by atoms with Crippen LogP contribution in [0.3, 0.4) is 0 Å². The van der Waals surface area contributed by atoms with E-state index in [1.807, 2.05) is 53.7 Å². The van der Waals surface area contributed by atoms with Crippen molar-refractivity contribution in [3.8, 4) is 0 Å². The van der Waals surface area contributed by atoms with E-state index in [-0.39, 0.29) is 33.3 Å². The van der Waals surface area contributed by atoms with E-state index in [1.165, 1.54) is 10.5 Å². The molecule has 0 saturated carbocycles. The summed E-state index contributed by atoms with van der Waals surface area (Å²) in [6.45, 7) is 16.6.